The van der Waals surface area contributed by atoms with E-state index in [2.05, 4.69) is 16.0 Å². The van der Waals surface area contributed by atoms with E-state index in [-0.39, 0.29) is 5.28 Å². The van der Waals surface area contributed by atoms with E-state index in [0.717, 1.165) is 16.6 Å². The molecular weight excluding hydrogens is 284 g/mol. The molecule has 0 aliphatic rings. The molecule has 0 N–H and O–H groups in total. The number of anilines is 2. The van der Waals surface area contributed by atoms with E-state index in [9.17, 15) is 0 Å². The van der Waals surface area contributed by atoms with E-state index in [1.807, 2.05) is 54.4 Å². The standard InChI is InChI=1S/C16H11ClN4/c1-21(12-6-4-5-11(9-12)10-18)15-13-7-2-3-8-14(13)19-16(17)20-15/h2-9H,1H3. The van der Waals surface area contributed by atoms with Crippen molar-refractivity contribution in [3.05, 3.63) is 59.4 Å². The molecule has 0 saturated heterocycles. The Kier molecular flexibility index (Phi) is 3.43. The lowest BCUT2D eigenvalue weighted by molar-refractivity contribution is 1.11. The number of rotatable bonds is 2. The minimum atomic E-state index is 0.201. The van der Waals surface area contributed by atoms with Crippen LogP contribution in [0, 0.1) is 11.3 Å². The zero-order valence-electron chi connectivity index (χ0n) is 11.3. The summed E-state index contributed by atoms with van der Waals surface area (Å²) in [4.78, 5) is 10.5. The van der Waals surface area contributed by atoms with Gasteiger partial charge < -0.3 is 4.90 Å². The highest BCUT2D eigenvalue weighted by molar-refractivity contribution is 6.28. The Morgan fingerprint density at radius 1 is 1.10 bits per heavy atom. The second kappa shape index (κ2) is 5.39. The number of fused-ring (bicyclic) bond motifs is 1. The van der Waals surface area contributed by atoms with Crippen LogP contribution in [0.5, 0.6) is 0 Å². The van der Waals surface area contributed by atoms with Crippen molar-refractivity contribution in [1.29, 1.82) is 5.26 Å². The molecule has 5 heteroatoms. The van der Waals surface area contributed by atoms with Crippen LogP contribution in [-0.2, 0) is 0 Å². The van der Waals surface area contributed by atoms with Crippen molar-refractivity contribution < 1.29 is 0 Å². The number of para-hydroxylation sites is 1. The molecule has 0 aliphatic carbocycles. The third-order valence-electron chi connectivity index (χ3n) is 3.24. The molecule has 2 aromatic carbocycles. The van der Waals surface area contributed by atoms with E-state index in [1.54, 1.807) is 6.07 Å². The number of hydrogen-bond donors (Lipinski definition) is 0. The lowest BCUT2D eigenvalue weighted by atomic mass is 10.2. The van der Waals surface area contributed by atoms with Crippen molar-refractivity contribution in [3.8, 4) is 6.07 Å². The van der Waals surface area contributed by atoms with Gasteiger partial charge in [-0.15, -0.1) is 0 Å². The maximum atomic E-state index is 9.02. The van der Waals surface area contributed by atoms with Gasteiger partial charge in [-0.3, -0.25) is 0 Å². The van der Waals surface area contributed by atoms with Crippen molar-refractivity contribution in [2.45, 2.75) is 0 Å². The SMILES string of the molecule is CN(c1cccc(C#N)c1)c1nc(Cl)nc2ccccc12. The van der Waals surface area contributed by atoms with Crippen molar-refractivity contribution in [1.82, 2.24) is 9.97 Å². The van der Waals surface area contributed by atoms with Gasteiger partial charge in [0.15, 0.2) is 0 Å². The van der Waals surface area contributed by atoms with Gasteiger partial charge >= 0.3 is 0 Å². The molecule has 0 atom stereocenters. The summed E-state index contributed by atoms with van der Waals surface area (Å²) < 4.78 is 0. The van der Waals surface area contributed by atoms with Crippen LogP contribution in [-0.4, -0.2) is 17.0 Å². The molecule has 21 heavy (non-hydrogen) atoms. The Hall–Kier alpha value is -2.64. The smallest absolute Gasteiger partial charge is 0.224 e. The molecule has 0 saturated carbocycles. The van der Waals surface area contributed by atoms with Crippen LogP contribution < -0.4 is 4.90 Å². The summed E-state index contributed by atoms with van der Waals surface area (Å²) in [5, 5.41) is 10.1. The molecule has 0 spiro atoms. The molecule has 0 fully saturated rings. The number of benzene rings is 2. The lowest BCUT2D eigenvalue weighted by Crippen LogP contribution is -2.12. The Balaban J connectivity index is 2.17. The molecular formula is C16H11ClN4. The summed E-state index contributed by atoms with van der Waals surface area (Å²) in [6, 6.07) is 17.2. The van der Waals surface area contributed by atoms with Crippen molar-refractivity contribution >= 4 is 34.0 Å². The van der Waals surface area contributed by atoms with Crippen molar-refractivity contribution in [2.75, 3.05) is 11.9 Å². The van der Waals surface area contributed by atoms with Crippen LogP contribution in [0.2, 0.25) is 5.28 Å². The maximum Gasteiger partial charge on any atom is 0.224 e. The van der Waals surface area contributed by atoms with Crippen molar-refractivity contribution in [3.63, 3.8) is 0 Å². The van der Waals surface area contributed by atoms with Crippen LogP contribution in [0.3, 0.4) is 0 Å². The van der Waals surface area contributed by atoms with Gasteiger partial charge in [-0.1, -0.05) is 18.2 Å². The molecule has 3 rings (SSSR count). The Labute approximate surface area is 127 Å². The fraction of sp³-hybridized carbons (Fsp3) is 0.0625. The summed E-state index contributed by atoms with van der Waals surface area (Å²) in [7, 11) is 1.89. The molecule has 0 unspecified atom stereocenters. The molecule has 0 bridgehead atoms. The Morgan fingerprint density at radius 2 is 1.90 bits per heavy atom. The Morgan fingerprint density at radius 3 is 2.71 bits per heavy atom. The third kappa shape index (κ3) is 2.51. The lowest BCUT2D eigenvalue weighted by Gasteiger charge is -2.20. The molecule has 1 aromatic heterocycles. The second-order valence-electron chi connectivity index (χ2n) is 4.55. The van der Waals surface area contributed by atoms with Gasteiger partial charge in [0.2, 0.25) is 5.28 Å². The highest BCUT2D eigenvalue weighted by Crippen LogP contribution is 2.29. The summed E-state index contributed by atoms with van der Waals surface area (Å²) in [6.45, 7) is 0. The van der Waals surface area contributed by atoms with E-state index in [0.29, 0.717) is 11.4 Å². The van der Waals surface area contributed by atoms with Gasteiger partial charge in [0.25, 0.3) is 0 Å². The summed E-state index contributed by atoms with van der Waals surface area (Å²) >= 11 is 6.01. The first-order chi connectivity index (χ1) is 10.2. The largest absolute Gasteiger partial charge is 0.329 e. The predicted octanol–water partition coefficient (Wildman–Crippen LogP) is 3.92. The first kappa shape index (κ1) is 13.3. The number of aromatic nitrogens is 2. The van der Waals surface area contributed by atoms with Crippen LogP contribution in [0.4, 0.5) is 11.5 Å². The van der Waals surface area contributed by atoms with E-state index in [4.69, 9.17) is 16.9 Å². The van der Waals surface area contributed by atoms with Crippen molar-refractivity contribution in [2.24, 2.45) is 0 Å². The average molecular weight is 295 g/mol. The molecule has 0 radical (unpaired) electrons. The summed E-state index contributed by atoms with van der Waals surface area (Å²) in [5.41, 5.74) is 2.26. The zero-order valence-corrected chi connectivity index (χ0v) is 12.0. The fourth-order valence-corrected chi connectivity index (χ4v) is 2.37. The minimum Gasteiger partial charge on any atom is -0.329 e. The molecule has 102 valence electrons. The predicted molar refractivity (Wildman–Crippen MR) is 83.8 cm³/mol. The molecule has 3 aromatic rings. The van der Waals surface area contributed by atoms with Crippen LogP contribution in [0.25, 0.3) is 10.9 Å². The number of halogens is 1. The maximum absolute atomic E-state index is 9.02. The van der Waals surface area contributed by atoms with Gasteiger partial charge in [0, 0.05) is 18.1 Å². The van der Waals surface area contributed by atoms with Crippen LogP contribution in [0.1, 0.15) is 5.56 Å². The highest BCUT2D eigenvalue weighted by atomic mass is 35.5. The summed E-state index contributed by atoms with van der Waals surface area (Å²) in [5.74, 6) is 0.709. The number of hydrogen-bond acceptors (Lipinski definition) is 4. The average Bonchev–Trinajstić information content (AvgIpc) is 2.53. The topological polar surface area (TPSA) is 52.8 Å². The molecule has 1 heterocycles. The Bertz CT molecular complexity index is 854. The van der Waals surface area contributed by atoms with E-state index in [1.165, 1.54) is 0 Å². The van der Waals surface area contributed by atoms with Gasteiger partial charge in [-0.05, 0) is 41.9 Å². The fourth-order valence-electron chi connectivity index (χ4n) is 2.19. The summed E-state index contributed by atoms with van der Waals surface area (Å²) in [6.07, 6.45) is 0. The minimum absolute atomic E-state index is 0.201. The first-order valence-corrected chi connectivity index (χ1v) is 6.73. The van der Waals surface area contributed by atoms with E-state index < -0.39 is 0 Å². The number of nitriles is 1. The van der Waals surface area contributed by atoms with Gasteiger partial charge in [0.1, 0.15) is 5.82 Å². The third-order valence-corrected chi connectivity index (χ3v) is 3.41. The number of nitrogens with zero attached hydrogens (tertiary/aromatic N) is 4. The zero-order chi connectivity index (χ0) is 14.8. The quantitative estimate of drug-likeness (QED) is 0.672. The monoisotopic (exact) mass is 294 g/mol. The first-order valence-electron chi connectivity index (χ1n) is 6.35. The normalized spacial score (nSPS) is 10.3. The van der Waals surface area contributed by atoms with Gasteiger partial charge in [-0.25, -0.2) is 4.98 Å². The van der Waals surface area contributed by atoms with Gasteiger partial charge in [0.05, 0.1) is 17.1 Å². The molecule has 4 nitrogen and oxygen atoms in total. The molecule has 0 amide bonds. The van der Waals surface area contributed by atoms with E-state index >= 15 is 0 Å². The molecule has 0 aliphatic heterocycles. The van der Waals surface area contributed by atoms with Crippen LogP contribution >= 0.6 is 11.6 Å². The van der Waals surface area contributed by atoms with Gasteiger partial charge in [-0.2, -0.15) is 10.2 Å². The van der Waals surface area contributed by atoms with Crippen LogP contribution in [0.15, 0.2) is 48.5 Å². The highest BCUT2D eigenvalue weighted by Gasteiger charge is 2.12. The second-order valence-corrected chi connectivity index (χ2v) is 4.89.